The van der Waals surface area contributed by atoms with Crippen LogP contribution in [0.1, 0.15) is 11.1 Å². The SMILES string of the molecule is CN(C)CCOc1ccc(Nc2nc(-c3ccc4c(c3)CN=C4)cn3ccnc23)cn1. The Morgan fingerprint density at radius 2 is 2.10 bits per heavy atom. The monoisotopic (exact) mass is 413 g/mol. The van der Waals surface area contributed by atoms with Crippen LogP contribution in [0.2, 0.25) is 0 Å². The van der Waals surface area contributed by atoms with E-state index in [1.165, 1.54) is 11.1 Å². The number of hydrogen-bond acceptors (Lipinski definition) is 7. The fourth-order valence-electron chi connectivity index (χ4n) is 3.43. The van der Waals surface area contributed by atoms with Crippen LogP contribution in [0.25, 0.3) is 16.9 Å². The summed E-state index contributed by atoms with van der Waals surface area (Å²) in [5.41, 5.74) is 5.86. The Morgan fingerprint density at radius 3 is 2.94 bits per heavy atom. The van der Waals surface area contributed by atoms with Gasteiger partial charge < -0.3 is 19.4 Å². The van der Waals surface area contributed by atoms with Gasteiger partial charge in [0.25, 0.3) is 0 Å². The fraction of sp³-hybridized carbons (Fsp3) is 0.217. The molecule has 0 bridgehead atoms. The van der Waals surface area contributed by atoms with E-state index in [4.69, 9.17) is 9.72 Å². The molecule has 4 aromatic rings. The minimum absolute atomic E-state index is 0.594. The molecule has 8 heteroatoms. The minimum Gasteiger partial charge on any atom is -0.476 e. The highest BCUT2D eigenvalue weighted by atomic mass is 16.5. The van der Waals surface area contributed by atoms with E-state index in [0.29, 0.717) is 18.3 Å². The number of aromatic nitrogens is 4. The van der Waals surface area contributed by atoms with Crippen LogP contribution >= 0.6 is 0 Å². The molecule has 31 heavy (non-hydrogen) atoms. The normalized spacial score (nSPS) is 12.5. The van der Waals surface area contributed by atoms with Crippen molar-refractivity contribution in [1.29, 1.82) is 0 Å². The Hall–Kier alpha value is -3.78. The summed E-state index contributed by atoms with van der Waals surface area (Å²) in [5.74, 6) is 1.27. The molecular weight excluding hydrogens is 390 g/mol. The summed E-state index contributed by atoms with van der Waals surface area (Å²) in [4.78, 5) is 20.1. The Morgan fingerprint density at radius 1 is 1.16 bits per heavy atom. The molecule has 0 amide bonds. The molecule has 0 aliphatic carbocycles. The molecule has 1 aromatic carbocycles. The van der Waals surface area contributed by atoms with E-state index < -0.39 is 0 Å². The lowest BCUT2D eigenvalue weighted by molar-refractivity contribution is 0.254. The highest BCUT2D eigenvalue weighted by Gasteiger charge is 2.13. The summed E-state index contributed by atoms with van der Waals surface area (Å²) in [6, 6.07) is 10.1. The zero-order chi connectivity index (χ0) is 21.2. The van der Waals surface area contributed by atoms with Crippen molar-refractivity contribution < 1.29 is 4.74 Å². The number of fused-ring (bicyclic) bond motifs is 2. The summed E-state index contributed by atoms with van der Waals surface area (Å²) in [7, 11) is 4.02. The number of likely N-dealkylation sites (N-methyl/N-ethyl adjacent to an activating group) is 1. The summed E-state index contributed by atoms with van der Waals surface area (Å²) in [6.45, 7) is 2.15. The second-order valence-electron chi connectivity index (χ2n) is 7.68. The topological polar surface area (TPSA) is 79.9 Å². The largest absolute Gasteiger partial charge is 0.476 e. The number of aliphatic imine (C=N–C) groups is 1. The van der Waals surface area contributed by atoms with E-state index >= 15 is 0 Å². The molecule has 4 heterocycles. The van der Waals surface area contributed by atoms with Crippen molar-refractivity contribution in [2.45, 2.75) is 6.54 Å². The quantitative estimate of drug-likeness (QED) is 0.500. The lowest BCUT2D eigenvalue weighted by atomic mass is 10.0. The van der Waals surface area contributed by atoms with Crippen LogP contribution in [0.5, 0.6) is 5.88 Å². The van der Waals surface area contributed by atoms with Crippen molar-refractivity contribution in [2.24, 2.45) is 4.99 Å². The minimum atomic E-state index is 0.594. The van der Waals surface area contributed by atoms with Gasteiger partial charge in [-0.15, -0.1) is 0 Å². The van der Waals surface area contributed by atoms with Gasteiger partial charge in [0.15, 0.2) is 11.5 Å². The number of benzene rings is 1. The first-order chi connectivity index (χ1) is 15.2. The third-order valence-corrected chi connectivity index (χ3v) is 5.09. The fourth-order valence-corrected chi connectivity index (χ4v) is 3.43. The van der Waals surface area contributed by atoms with Crippen molar-refractivity contribution in [3.63, 3.8) is 0 Å². The zero-order valence-corrected chi connectivity index (χ0v) is 17.5. The second kappa shape index (κ2) is 8.16. The van der Waals surface area contributed by atoms with E-state index in [9.17, 15) is 0 Å². The van der Waals surface area contributed by atoms with Gasteiger partial charge in [0.05, 0.1) is 24.1 Å². The number of ether oxygens (including phenoxy) is 1. The second-order valence-corrected chi connectivity index (χ2v) is 7.68. The molecular formula is C23H23N7O. The summed E-state index contributed by atoms with van der Waals surface area (Å²) in [5, 5.41) is 3.35. The van der Waals surface area contributed by atoms with Gasteiger partial charge >= 0.3 is 0 Å². The average molecular weight is 413 g/mol. The van der Waals surface area contributed by atoms with Crippen LogP contribution in [0, 0.1) is 0 Å². The maximum atomic E-state index is 5.67. The van der Waals surface area contributed by atoms with Crippen molar-refractivity contribution in [1.82, 2.24) is 24.3 Å². The zero-order valence-electron chi connectivity index (χ0n) is 17.5. The number of nitrogens with one attached hydrogen (secondary N) is 1. The lowest BCUT2D eigenvalue weighted by Gasteiger charge is -2.12. The summed E-state index contributed by atoms with van der Waals surface area (Å²) < 4.78 is 7.64. The van der Waals surface area contributed by atoms with Crippen LogP contribution in [-0.4, -0.2) is 57.7 Å². The molecule has 0 spiro atoms. The highest BCUT2D eigenvalue weighted by molar-refractivity contribution is 5.86. The lowest BCUT2D eigenvalue weighted by Crippen LogP contribution is -2.19. The van der Waals surface area contributed by atoms with Crippen molar-refractivity contribution in [3.8, 4) is 17.1 Å². The van der Waals surface area contributed by atoms with Crippen LogP contribution in [-0.2, 0) is 6.54 Å². The molecule has 1 aliphatic rings. The molecule has 156 valence electrons. The van der Waals surface area contributed by atoms with Gasteiger partial charge in [-0.25, -0.2) is 15.0 Å². The van der Waals surface area contributed by atoms with Crippen LogP contribution in [0.3, 0.4) is 0 Å². The molecule has 0 atom stereocenters. The third kappa shape index (κ3) is 4.10. The summed E-state index contributed by atoms with van der Waals surface area (Å²) in [6.07, 6.45) is 9.33. The van der Waals surface area contributed by atoms with Crippen molar-refractivity contribution in [3.05, 3.63) is 66.2 Å². The Bertz CT molecular complexity index is 1240. The molecule has 3 aromatic heterocycles. The molecule has 0 unspecified atom stereocenters. The molecule has 0 fully saturated rings. The third-order valence-electron chi connectivity index (χ3n) is 5.09. The molecule has 0 saturated heterocycles. The van der Waals surface area contributed by atoms with Gasteiger partial charge in [-0.3, -0.25) is 4.99 Å². The van der Waals surface area contributed by atoms with E-state index in [0.717, 1.165) is 35.7 Å². The van der Waals surface area contributed by atoms with Gasteiger partial charge in [0, 0.05) is 43.0 Å². The molecule has 1 N–H and O–H groups in total. The maximum absolute atomic E-state index is 5.67. The molecule has 8 nitrogen and oxygen atoms in total. The number of pyridine rings is 1. The van der Waals surface area contributed by atoms with Gasteiger partial charge in [0.2, 0.25) is 5.88 Å². The Balaban J connectivity index is 1.40. The van der Waals surface area contributed by atoms with Crippen LogP contribution in [0.15, 0.2) is 60.1 Å². The van der Waals surface area contributed by atoms with Gasteiger partial charge in [-0.2, -0.15) is 0 Å². The van der Waals surface area contributed by atoms with E-state index in [1.54, 1.807) is 12.4 Å². The van der Waals surface area contributed by atoms with Crippen LogP contribution in [0.4, 0.5) is 11.5 Å². The highest BCUT2D eigenvalue weighted by Crippen LogP contribution is 2.27. The number of hydrogen-bond donors (Lipinski definition) is 1. The number of anilines is 2. The first kappa shape index (κ1) is 19.2. The predicted molar refractivity (Wildman–Crippen MR) is 121 cm³/mol. The Labute approximate surface area is 180 Å². The smallest absolute Gasteiger partial charge is 0.213 e. The standard InChI is InChI=1S/C23H23N7O/c1-29(2)9-10-31-21-6-5-19(14-26-21)27-22-23-25-7-8-30(23)15-20(28-22)16-3-4-17-12-24-13-18(17)11-16/h3-8,11-12,14-15H,9-10,13H2,1-2H3,(H,27,28). The number of nitrogens with zero attached hydrogens (tertiary/aromatic N) is 6. The van der Waals surface area contributed by atoms with E-state index in [-0.39, 0.29) is 0 Å². The molecule has 1 aliphatic heterocycles. The van der Waals surface area contributed by atoms with Crippen LogP contribution < -0.4 is 10.1 Å². The maximum Gasteiger partial charge on any atom is 0.213 e. The number of imidazole rings is 1. The first-order valence-electron chi connectivity index (χ1n) is 10.1. The van der Waals surface area contributed by atoms with Gasteiger partial charge in [0.1, 0.15) is 6.61 Å². The van der Waals surface area contributed by atoms with Gasteiger partial charge in [-0.1, -0.05) is 12.1 Å². The summed E-state index contributed by atoms with van der Waals surface area (Å²) >= 11 is 0. The molecule has 5 rings (SSSR count). The van der Waals surface area contributed by atoms with Crippen molar-refractivity contribution >= 4 is 23.4 Å². The van der Waals surface area contributed by atoms with E-state index in [1.807, 2.05) is 49.2 Å². The predicted octanol–water partition coefficient (Wildman–Crippen LogP) is 3.41. The molecule has 0 radical (unpaired) electrons. The van der Waals surface area contributed by atoms with Gasteiger partial charge in [-0.05, 0) is 37.4 Å². The van der Waals surface area contributed by atoms with Crippen molar-refractivity contribution in [2.75, 3.05) is 32.6 Å². The first-order valence-corrected chi connectivity index (χ1v) is 10.1. The molecule has 0 saturated carbocycles. The number of rotatable bonds is 7. The Kier molecular flexibility index (Phi) is 5.05. The van der Waals surface area contributed by atoms with E-state index in [2.05, 4.69) is 43.4 Å². The average Bonchev–Trinajstić information content (AvgIpc) is 3.43.